The number of rotatable bonds is 13. The van der Waals surface area contributed by atoms with Crippen molar-refractivity contribution in [2.45, 2.75) is 93.2 Å². The summed E-state index contributed by atoms with van der Waals surface area (Å²) in [4.78, 5) is 0. The van der Waals surface area contributed by atoms with Crippen LogP contribution in [0.5, 0.6) is 11.8 Å². The van der Waals surface area contributed by atoms with E-state index in [2.05, 4.69) is 69.1 Å². The van der Waals surface area contributed by atoms with E-state index in [1.807, 2.05) is 30.3 Å². The van der Waals surface area contributed by atoms with Gasteiger partial charge < -0.3 is 19.8 Å². The third kappa shape index (κ3) is 7.29. The number of hydrogen-bond donors (Lipinski definition) is 3. The Kier molecular flexibility index (Phi) is 8.80. The first-order chi connectivity index (χ1) is 17.8. The zero-order valence-electron chi connectivity index (χ0n) is 26.1. The Morgan fingerprint density at radius 3 is 2.26 bits per heavy atom. The van der Waals surface area contributed by atoms with Gasteiger partial charge in [0.25, 0.3) is 0 Å². The lowest BCUT2D eigenvalue weighted by atomic mass is 9.63. The van der Waals surface area contributed by atoms with Gasteiger partial charge in [-0.3, -0.25) is 4.57 Å². The summed E-state index contributed by atoms with van der Waals surface area (Å²) < 4.78 is 2.25. The van der Waals surface area contributed by atoms with Crippen LogP contribution in [0.1, 0.15) is 91.4 Å². The molecule has 1 aromatic carbocycles. The Morgan fingerprint density at radius 1 is 1.05 bits per heavy atom. The van der Waals surface area contributed by atoms with Crippen LogP contribution in [0.4, 0.5) is 0 Å². The quantitative estimate of drug-likeness (QED) is 0.183. The molecule has 0 aliphatic heterocycles. The van der Waals surface area contributed by atoms with Crippen molar-refractivity contribution in [3.05, 3.63) is 59.7 Å². The van der Waals surface area contributed by atoms with Crippen molar-refractivity contribution >= 4 is 0 Å². The summed E-state index contributed by atoms with van der Waals surface area (Å²) in [5.74, 6) is 0.236. The van der Waals surface area contributed by atoms with Crippen LogP contribution in [0.3, 0.4) is 0 Å². The van der Waals surface area contributed by atoms with Crippen molar-refractivity contribution in [3.8, 4) is 11.8 Å². The average Bonchev–Trinajstić information content (AvgIpc) is 3.20. The molecule has 0 amide bonds. The molecule has 5 heteroatoms. The smallest absolute Gasteiger partial charge is 0.197 e. The number of aliphatic hydroxyl groups excluding tert-OH is 1. The Balaban J connectivity index is 1.54. The number of aromatic nitrogens is 1. The molecular weight excluding hydrogens is 484 g/mol. The number of hydrogen-bond acceptors (Lipinski definition) is 3. The van der Waals surface area contributed by atoms with Gasteiger partial charge in [0.2, 0.25) is 0 Å². The van der Waals surface area contributed by atoms with Gasteiger partial charge in [0.15, 0.2) is 11.8 Å². The van der Waals surface area contributed by atoms with Crippen LogP contribution >= 0.6 is 0 Å². The Hall–Kier alpha value is -2.24. The summed E-state index contributed by atoms with van der Waals surface area (Å²) in [6.45, 7) is 22.9. The number of nitrogens with zero attached hydrogens (tertiary/aromatic N) is 2. The molecule has 39 heavy (non-hydrogen) atoms. The van der Waals surface area contributed by atoms with Gasteiger partial charge in [-0.05, 0) is 52.9 Å². The van der Waals surface area contributed by atoms with Crippen LogP contribution in [0.25, 0.3) is 0 Å². The monoisotopic (exact) mass is 539 g/mol. The number of benzene rings is 1. The topological polar surface area (TPSA) is 65.6 Å². The van der Waals surface area contributed by atoms with E-state index in [-0.39, 0.29) is 28.0 Å². The molecule has 0 saturated heterocycles. The molecule has 3 rings (SSSR count). The standard InChI is InChI=1S/C34H54N2O3/c1-25(21-33(7)24-34(33,8)23-32(5,6)31(2,3)4)19-27-20-29(38)35(30(27)39)17-14-18-36(9,10)22-28(37)26-15-12-11-13-16-26/h11-13,15-16,20,28,37H,1,14,17-19,21-24H2,2-10H3,(H-,38,39)/p+1. The fourth-order valence-electron chi connectivity index (χ4n) is 6.42. The summed E-state index contributed by atoms with van der Waals surface area (Å²) in [7, 11) is 4.21. The van der Waals surface area contributed by atoms with Crippen LogP contribution in [-0.2, 0) is 13.0 Å². The minimum absolute atomic E-state index is 0.0966. The Morgan fingerprint density at radius 2 is 1.67 bits per heavy atom. The highest BCUT2D eigenvalue weighted by atomic mass is 16.3. The first kappa shape index (κ1) is 31.3. The van der Waals surface area contributed by atoms with Gasteiger partial charge in [0, 0.05) is 24.6 Å². The van der Waals surface area contributed by atoms with E-state index in [4.69, 9.17) is 0 Å². The lowest BCUT2D eigenvalue weighted by molar-refractivity contribution is -0.894. The molecule has 1 heterocycles. The molecule has 1 fully saturated rings. The molecule has 1 aliphatic carbocycles. The summed E-state index contributed by atoms with van der Waals surface area (Å²) >= 11 is 0. The van der Waals surface area contributed by atoms with E-state index in [9.17, 15) is 15.3 Å². The second kappa shape index (κ2) is 11.0. The van der Waals surface area contributed by atoms with Crippen molar-refractivity contribution in [1.29, 1.82) is 0 Å². The Bertz CT molecular complexity index is 1140. The van der Waals surface area contributed by atoms with E-state index < -0.39 is 6.10 Å². The van der Waals surface area contributed by atoms with E-state index in [0.29, 0.717) is 29.4 Å². The van der Waals surface area contributed by atoms with E-state index in [0.717, 1.165) is 36.1 Å². The zero-order chi connectivity index (χ0) is 29.4. The molecule has 1 aromatic heterocycles. The van der Waals surface area contributed by atoms with E-state index in [1.54, 1.807) is 10.6 Å². The molecule has 1 aliphatic rings. The van der Waals surface area contributed by atoms with Crippen molar-refractivity contribution in [2.24, 2.45) is 21.7 Å². The fraction of sp³-hybridized carbons (Fsp3) is 0.647. The largest absolute Gasteiger partial charge is 0.494 e. The molecule has 5 nitrogen and oxygen atoms in total. The SMILES string of the molecule is C=C(Cc1cc(O)n(CCC[N+](C)(C)CC(O)c2ccccc2)c1O)CC1(C)CC1(C)CC(C)(C)C(C)(C)C. The average molecular weight is 540 g/mol. The van der Waals surface area contributed by atoms with Gasteiger partial charge in [-0.1, -0.05) is 91.0 Å². The summed E-state index contributed by atoms with van der Waals surface area (Å²) in [5, 5.41) is 32.2. The molecular formula is C34H55N2O3+. The van der Waals surface area contributed by atoms with Gasteiger partial charge in [0.05, 0.1) is 20.6 Å². The number of quaternary nitrogens is 1. The minimum atomic E-state index is -0.526. The van der Waals surface area contributed by atoms with Crippen molar-refractivity contribution < 1.29 is 19.8 Å². The molecule has 2 aromatic rings. The highest BCUT2D eigenvalue weighted by Gasteiger charge is 2.62. The first-order valence-corrected chi connectivity index (χ1v) is 14.6. The van der Waals surface area contributed by atoms with Crippen LogP contribution in [0.2, 0.25) is 0 Å². The maximum absolute atomic E-state index is 11.0. The predicted octanol–water partition coefficient (Wildman–Crippen LogP) is 7.47. The van der Waals surface area contributed by atoms with Crippen molar-refractivity contribution in [1.82, 2.24) is 4.57 Å². The zero-order valence-corrected chi connectivity index (χ0v) is 26.1. The van der Waals surface area contributed by atoms with Crippen LogP contribution in [-0.4, -0.2) is 51.6 Å². The molecule has 0 bridgehead atoms. The van der Waals surface area contributed by atoms with E-state index in [1.165, 1.54) is 12.8 Å². The number of aliphatic hydroxyl groups is 1. The Labute approximate surface area is 237 Å². The highest BCUT2D eigenvalue weighted by molar-refractivity contribution is 5.38. The van der Waals surface area contributed by atoms with Gasteiger partial charge in [0.1, 0.15) is 12.6 Å². The third-order valence-electron chi connectivity index (χ3n) is 10.2. The number of allylic oxidation sites excluding steroid dienone is 1. The van der Waals surface area contributed by atoms with Crippen LogP contribution in [0, 0.1) is 21.7 Å². The van der Waals surface area contributed by atoms with Crippen LogP contribution in [0.15, 0.2) is 48.6 Å². The van der Waals surface area contributed by atoms with Gasteiger partial charge in [-0.15, -0.1) is 0 Å². The molecule has 0 spiro atoms. The second-order valence-electron chi connectivity index (χ2n) is 15.3. The third-order valence-corrected chi connectivity index (χ3v) is 10.2. The molecule has 3 atom stereocenters. The number of likely N-dealkylation sites (N-methyl/N-ethyl adjacent to an activating group) is 1. The highest BCUT2D eigenvalue weighted by Crippen LogP contribution is 2.71. The van der Waals surface area contributed by atoms with Crippen molar-refractivity contribution in [3.63, 3.8) is 0 Å². The predicted molar refractivity (Wildman–Crippen MR) is 162 cm³/mol. The molecule has 3 N–H and O–H groups in total. The van der Waals surface area contributed by atoms with Gasteiger partial charge in [-0.25, -0.2) is 0 Å². The van der Waals surface area contributed by atoms with Crippen LogP contribution < -0.4 is 0 Å². The fourth-order valence-corrected chi connectivity index (χ4v) is 6.42. The molecule has 1 saturated carbocycles. The second-order valence-corrected chi connectivity index (χ2v) is 15.3. The number of aromatic hydroxyl groups is 2. The lowest BCUT2D eigenvalue weighted by Crippen LogP contribution is -2.43. The maximum atomic E-state index is 11.0. The normalized spacial score (nSPS) is 22.6. The summed E-state index contributed by atoms with van der Waals surface area (Å²) in [6.07, 6.45) is 4.14. The van der Waals surface area contributed by atoms with Gasteiger partial charge in [-0.2, -0.15) is 0 Å². The first-order valence-electron chi connectivity index (χ1n) is 14.6. The minimum Gasteiger partial charge on any atom is -0.494 e. The van der Waals surface area contributed by atoms with Crippen molar-refractivity contribution in [2.75, 3.05) is 27.2 Å². The lowest BCUT2D eigenvalue weighted by Gasteiger charge is -2.42. The molecule has 218 valence electrons. The van der Waals surface area contributed by atoms with Gasteiger partial charge >= 0.3 is 0 Å². The maximum Gasteiger partial charge on any atom is 0.197 e. The molecule has 0 radical (unpaired) electrons. The molecule has 3 unspecified atom stereocenters. The summed E-state index contributed by atoms with van der Waals surface area (Å²) in [6, 6.07) is 11.4. The van der Waals surface area contributed by atoms with E-state index >= 15 is 0 Å². The summed E-state index contributed by atoms with van der Waals surface area (Å²) in [5.41, 5.74) is 3.78.